The topological polar surface area (TPSA) is 80.9 Å². The third-order valence-electron chi connectivity index (χ3n) is 2.87. The molecule has 0 aromatic carbocycles. The van der Waals surface area contributed by atoms with Gasteiger partial charge in [-0.15, -0.1) is 5.10 Å². The van der Waals surface area contributed by atoms with Crippen LogP contribution in [0.5, 0.6) is 0 Å². The molecule has 1 heterocycles. The minimum absolute atomic E-state index is 0.130. The highest BCUT2D eigenvalue weighted by molar-refractivity contribution is 7.03. The summed E-state index contributed by atoms with van der Waals surface area (Å²) in [6, 6.07) is 0.212. The summed E-state index contributed by atoms with van der Waals surface area (Å²) in [5.41, 5.74) is 6.05. The van der Waals surface area contributed by atoms with Gasteiger partial charge in [0.2, 0.25) is 0 Å². The number of carbonyl (C=O) groups excluding carboxylic acids is 1. The first-order valence-electron chi connectivity index (χ1n) is 5.09. The molecule has 0 aliphatic heterocycles. The van der Waals surface area contributed by atoms with Gasteiger partial charge in [-0.3, -0.25) is 4.79 Å². The van der Waals surface area contributed by atoms with Gasteiger partial charge in [-0.25, -0.2) is 0 Å². The maximum atomic E-state index is 11.7. The average molecular weight is 226 g/mol. The van der Waals surface area contributed by atoms with E-state index in [0.29, 0.717) is 18.2 Å². The summed E-state index contributed by atoms with van der Waals surface area (Å²) in [5.74, 6) is 0.287. The molecule has 0 saturated heterocycles. The van der Waals surface area contributed by atoms with E-state index in [1.807, 2.05) is 0 Å². The Balaban J connectivity index is 1.94. The van der Waals surface area contributed by atoms with E-state index in [1.165, 1.54) is 11.5 Å². The van der Waals surface area contributed by atoms with Gasteiger partial charge in [0.25, 0.3) is 5.91 Å². The predicted molar refractivity (Wildman–Crippen MR) is 57.6 cm³/mol. The fourth-order valence-corrected chi connectivity index (χ4v) is 2.45. The van der Waals surface area contributed by atoms with Crippen LogP contribution in [0.25, 0.3) is 0 Å². The van der Waals surface area contributed by atoms with E-state index in [1.54, 1.807) is 5.38 Å². The van der Waals surface area contributed by atoms with Gasteiger partial charge >= 0.3 is 0 Å². The smallest absolute Gasteiger partial charge is 0.272 e. The van der Waals surface area contributed by atoms with Gasteiger partial charge in [-0.05, 0) is 36.8 Å². The van der Waals surface area contributed by atoms with E-state index in [2.05, 4.69) is 14.9 Å². The molecule has 2 unspecified atom stereocenters. The van der Waals surface area contributed by atoms with Crippen molar-refractivity contribution in [2.24, 2.45) is 11.7 Å². The molecule has 15 heavy (non-hydrogen) atoms. The van der Waals surface area contributed by atoms with Crippen LogP contribution >= 0.6 is 11.5 Å². The molecule has 0 radical (unpaired) electrons. The van der Waals surface area contributed by atoms with Gasteiger partial charge < -0.3 is 11.1 Å². The Hall–Kier alpha value is -1.01. The SMILES string of the molecule is NCC1CCCC1NC(=O)c1csnn1. The first-order chi connectivity index (χ1) is 7.31. The Morgan fingerprint density at radius 1 is 1.67 bits per heavy atom. The number of nitrogens with zero attached hydrogens (tertiary/aromatic N) is 2. The Morgan fingerprint density at radius 2 is 2.53 bits per heavy atom. The number of aromatic nitrogens is 2. The van der Waals surface area contributed by atoms with Crippen LogP contribution in [0.2, 0.25) is 0 Å². The molecule has 1 saturated carbocycles. The molecular weight excluding hydrogens is 212 g/mol. The van der Waals surface area contributed by atoms with E-state index in [9.17, 15) is 4.79 Å². The van der Waals surface area contributed by atoms with Gasteiger partial charge in [0.05, 0.1) is 0 Å². The maximum absolute atomic E-state index is 11.7. The van der Waals surface area contributed by atoms with E-state index in [4.69, 9.17) is 5.73 Å². The molecule has 5 nitrogen and oxygen atoms in total. The van der Waals surface area contributed by atoms with E-state index in [-0.39, 0.29) is 11.9 Å². The first kappa shape index (κ1) is 10.5. The maximum Gasteiger partial charge on any atom is 0.272 e. The van der Waals surface area contributed by atoms with Crippen molar-refractivity contribution < 1.29 is 4.79 Å². The van der Waals surface area contributed by atoms with Gasteiger partial charge in [-0.2, -0.15) is 0 Å². The number of nitrogens with one attached hydrogen (secondary N) is 1. The number of carbonyl (C=O) groups is 1. The number of nitrogens with two attached hydrogens (primary N) is 1. The van der Waals surface area contributed by atoms with Crippen molar-refractivity contribution in [3.8, 4) is 0 Å². The standard InChI is InChI=1S/C9H14N4OS/c10-4-6-2-1-3-7(6)11-9(14)8-5-15-13-12-8/h5-7H,1-4,10H2,(H,11,14). The van der Waals surface area contributed by atoms with Crippen molar-refractivity contribution in [2.75, 3.05) is 6.54 Å². The number of hydrogen-bond donors (Lipinski definition) is 2. The van der Waals surface area contributed by atoms with Gasteiger partial charge in [0, 0.05) is 11.4 Å². The van der Waals surface area contributed by atoms with Crippen LogP contribution in [0.3, 0.4) is 0 Å². The van der Waals surface area contributed by atoms with Crippen molar-refractivity contribution in [1.29, 1.82) is 0 Å². The van der Waals surface area contributed by atoms with Crippen LogP contribution in [-0.2, 0) is 0 Å². The molecule has 82 valence electrons. The molecule has 2 atom stereocenters. The zero-order valence-corrected chi connectivity index (χ0v) is 9.17. The molecule has 3 N–H and O–H groups in total. The minimum atomic E-state index is -0.130. The summed E-state index contributed by atoms with van der Waals surface area (Å²) < 4.78 is 3.66. The summed E-state index contributed by atoms with van der Waals surface area (Å²) >= 11 is 1.19. The van der Waals surface area contributed by atoms with Gasteiger partial charge in [0.1, 0.15) is 0 Å². The molecule has 6 heteroatoms. The lowest BCUT2D eigenvalue weighted by Crippen LogP contribution is -2.40. The van der Waals surface area contributed by atoms with Gasteiger partial charge in [-0.1, -0.05) is 10.9 Å². The van der Waals surface area contributed by atoms with Crippen LogP contribution in [0.1, 0.15) is 29.8 Å². The summed E-state index contributed by atoms with van der Waals surface area (Å²) in [4.78, 5) is 11.7. The van der Waals surface area contributed by atoms with Crippen LogP contribution in [0.4, 0.5) is 0 Å². The lowest BCUT2D eigenvalue weighted by Gasteiger charge is -2.18. The molecule has 2 rings (SSSR count). The third kappa shape index (κ3) is 2.32. The predicted octanol–water partition coefficient (Wildman–Crippen LogP) is 0.395. The quantitative estimate of drug-likeness (QED) is 0.781. The highest BCUT2D eigenvalue weighted by atomic mass is 32.1. The van der Waals surface area contributed by atoms with Crippen molar-refractivity contribution in [2.45, 2.75) is 25.3 Å². The molecule has 1 aromatic rings. The monoisotopic (exact) mass is 226 g/mol. The molecule has 1 fully saturated rings. The average Bonchev–Trinajstić information content (AvgIpc) is 2.87. The molecule has 0 bridgehead atoms. The second kappa shape index (κ2) is 4.67. The lowest BCUT2D eigenvalue weighted by atomic mass is 10.0. The molecule has 1 aliphatic carbocycles. The normalized spacial score (nSPS) is 25.4. The van der Waals surface area contributed by atoms with Crippen LogP contribution in [0.15, 0.2) is 5.38 Å². The summed E-state index contributed by atoms with van der Waals surface area (Å²) in [7, 11) is 0. The second-order valence-corrected chi connectivity index (χ2v) is 4.41. The molecule has 0 spiro atoms. The largest absolute Gasteiger partial charge is 0.348 e. The molecular formula is C9H14N4OS. The van der Waals surface area contributed by atoms with Crippen molar-refractivity contribution >= 4 is 17.4 Å². The van der Waals surface area contributed by atoms with Gasteiger partial charge in [0.15, 0.2) is 5.69 Å². The fraction of sp³-hybridized carbons (Fsp3) is 0.667. The molecule has 1 aliphatic rings. The highest BCUT2D eigenvalue weighted by Gasteiger charge is 2.27. The Morgan fingerprint density at radius 3 is 3.20 bits per heavy atom. The molecule has 1 amide bonds. The Labute approximate surface area is 92.2 Å². The van der Waals surface area contributed by atoms with E-state index < -0.39 is 0 Å². The van der Waals surface area contributed by atoms with Crippen molar-refractivity contribution in [3.05, 3.63) is 11.1 Å². The van der Waals surface area contributed by atoms with E-state index in [0.717, 1.165) is 19.3 Å². The zero-order chi connectivity index (χ0) is 10.7. The minimum Gasteiger partial charge on any atom is -0.348 e. The first-order valence-corrected chi connectivity index (χ1v) is 5.93. The second-order valence-electron chi connectivity index (χ2n) is 3.80. The number of rotatable bonds is 3. The van der Waals surface area contributed by atoms with Crippen molar-refractivity contribution in [3.63, 3.8) is 0 Å². The number of amides is 1. The van der Waals surface area contributed by atoms with Crippen LogP contribution in [-0.4, -0.2) is 28.1 Å². The third-order valence-corrected chi connectivity index (χ3v) is 3.38. The van der Waals surface area contributed by atoms with Crippen LogP contribution in [0, 0.1) is 5.92 Å². The Kier molecular flexibility index (Phi) is 3.27. The Bertz CT molecular complexity index is 327. The van der Waals surface area contributed by atoms with Crippen LogP contribution < -0.4 is 11.1 Å². The summed E-state index contributed by atoms with van der Waals surface area (Å²) in [5, 5.41) is 8.36. The lowest BCUT2D eigenvalue weighted by molar-refractivity contribution is 0.0923. The summed E-state index contributed by atoms with van der Waals surface area (Å²) in [6.07, 6.45) is 3.27. The fourth-order valence-electron chi connectivity index (χ4n) is 2.01. The zero-order valence-electron chi connectivity index (χ0n) is 8.35. The van der Waals surface area contributed by atoms with Crippen molar-refractivity contribution in [1.82, 2.24) is 14.9 Å². The van der Waals surface area contributed by atoms with E-state index >= 15 is 0 Å². The highest BCUT2D eigenvalue weighted by Crippen LogP contribution is 2.24. The number of hydrogen-bond acceptors (Lipinski definition) is 5. The molecule has 1 aromatic heterocycles. The summed E-state index contributed by atoms with van der Waals surface area (Å²) in [6.45, 7) is 0.639.